The highest BCUT2D eigenvalue weighted by Crippen LogP contribution is 2.46. The quantitative estimate of drug-likeness (QED) is 0.0567. The molecular formula is C58H57F3N12O7S. The number of nitrogens with two attached hydrogens (primary N) is 1. The minimum absolute atomic E-state index is 0.0000308. The number of pyridine rings is 1. The number of likely N-dealkylation sites (tertiary alicyclic amines) is 1. The number of rotatable bonds is 18. The van der Waals surface area contributed by atoms with Gasteiger partial charge in [-0.2, -0.15) is 15.2 Å². The number of thiophene rings is 1. The summed E-state index contributed by atoms with van der Waals surface area (Å²) in [6.45, 7) is 6.56. The molecule has 8 aromatic rings. The maximum atomic E-state index is 15.5. The van der Waals surface area contributed by atoms with Crippen LogP contribution in [0.15, 0.2) is 91.3 Å². The van der Waals surface area contributed by atoms with Crippen LogP contribution in [0.1, 0.15) is 62.4 Å². The number of aliphatic hydroxyl groups is 2. The molecule has 0 spiro atoms. The number of fused-ring (bicyclic) bond motifs is 4. The van der Waals surface area contributed by atoms with Gasteiger partial charge in [0, 0.05) is 73.5 Å². The number of nitrogens with zero attached hydrogens (tertiary/aromatic N) is 9. The Bertz CT molecular complexity index is 3730. The third kappa shape index (κ3) is 10.6. The lowest BCUT2D eigenvalue weighted by atomic mass is 10.00. The van der Waals surface area contributed by atoms with Gasteiger partial charge in [-0.25, -0.2) is 17.9 Å². The number of methoxy groups -OCH3 is 1. The van der Waals surface area contributed by atoms with Crippen molar-refractivity contribution in [3.63, 3.8) is 0 Å². The van der Waals surface area contributed by atoms with Gasteiger partial charge in [0.25, 0.3) is 0 Å². The maximum absolute atomic E-state index is 15.5. The van der Waals surface area contributed by atoms with E-state index in [1.165, 1.54) is 27.8 Å². The molecule has 3 aliphatic heterocycles. The number of nitrogens with one attached hydrogen (secondary N) is 2. The minimum atomic E-state index is -1.09. The first-order chi connectivity index (χ1) is 39.1. The largest absolute Gasteiger partial charge is 0.484 e. The Morgan fingerprint density at radius 2 is 1.74 bits per heavy atom. The van der Waals surface area contributed by atoms with E-state index < -0.39 is 60.1 Å². The smallest absolute Gasteiger partial charge is 0.319 e. The van der Waals surface area contributed by atoms with E-state index in [0.717, 1.165) is 35.9 Å². The van der Waals surface area contributed by atoms with Crippen LogP contribution in [0.2, 0.25) is 0 Å². The van der Waals surface area contributed by atoms with E-state index in [9.17, 15) is 33.8 Å². The fourth-order valence-electron chi connectivity index (χ4n) is 11.0. The number of ether oxygens (including phenoxy) is 3. The van der Waals surface area contributed by atoms with Crippen LogP contribution >= 0.6 is 11.3 Å². The van der Waals surface area contributed by atoms with Crippen molar-refractivity contribution in [1.82, 2.24) is 45.5 Å². The van der Waals surface area contributed by atoms with Crippen molar-refractivity contribution in [3.05, 3.63) is 125 Å². The predicted octanol–water partition coefficient (Wildman–Crippen LogP) is 7.26. The molecule has 3 fully saturated rings. The number of anilines is 2. The van der Waals surface area contributed by atoms with Gasteiger partial charge in [0.15, 0.2) is 17.4 Å². The van der Waals surface area contributed by atoms with Gasteiger partial charge >= 0.3 is 6.01 Å². The molecule has 0 radical (unpaired) electrons. The number of aliphatic hydroxyl groups excluding tert-OH is 2. The van der Waals surface area contributed by atoms with E-state index in [1.54, 1.807) is 49.8 Å². The first kappa shape index (κ1) is 54.7. The summed E-state index contributed by atoms with van der Waals surface area (Å²) in [4.78, 5) is 46.9. The molecule has 4 aromatic heterocycles. The summed E-state index contributed by atoms with van der Waals surface area (Å²) < 4.78 is 64.0. The monoisotopic (exact) mass is 1120 g/mol. The van der Waals surface area contributed by atoms with E-state index in [2.05, 4.69) is 31.9 Å². The van der Waals surface area contributed by atoms with Crippen molar-refractivity contribution in [2.45, 2.75) is 82.6 Å². The Hall–Kier alpha value is -8.27. The number of halogens is 3. The van der Waals surface area contributed by atoms with E-state index in [-0.39, 0.29) is 82.9 Å². The zero-order valence-electron chi connectivity index (χ0n) is 44.5. The molecule has 418 valence electrons. The maximum Gasteiger partial charge on any atom is 0.319 e. The van der Waals surface area contributed by atoms with Gasteiger partial charge in [0.05, 0.1) is 46.7 Å². The number of benzene rings is 4. The zero-order valence-corrected chi connectivity index (χ0v) is 45.3. The van der Waals surface area contributed by atoms with Gasteiger partial charge in [-0.15, -0.1) is 16.4 Å². The SMILES string of the molecule is CO[C@@H](C)COc1nc(N2C[C@@H]3C[C@H]2CN3)c2cnc(-c3ccc(F)c4sc(N)c(C#N)c34)c(OCc3ccc(-c4cn([C@H](C(=O)N5C[C@H](O)C[C@H]5C(=O)N[C@@H](CO)c5ccc(-c6cccc(F)c6F)cc5)C(C)C)nn4)cc3)c2n1. The fraction of sp³-hybridized carbons (Fsp3) is 0.345. The van der Waals surface area contributed by atoms with Crippen LogP contribution in [0.4, 0.5) is 24.0 Å². The summed E-state index contributed by atoms with van der Waals surface area (Å²) in [5.74, 6) is -3.06. The number of hydrogen-bond acceptors (Lipinski definition) is 17. The second-order valence-corrected chi connectivity index (χ2v) is 22.0. The predicted molar refractivity (Wildman–Crippen MR) is 296 cm³/mol. The molecular weight excluding hydrogens is 1070 g/mol. The normalized spacial score (nSPS) is 18.9. The Kier molecular flexibility index (Phi) is 15.3. The van der Waals surface area contributed by atoms with Gasteiger partial charge in [0.1, 0.15) is 64.9 Å². The molecule has 2 bridgehead atoms. The Labute approximate surface area is 467 Å². The lowest BCUT2D eigenvalue weighted by Gasteiger charge is -2.30. The Balaban J connectivity index is 0.849. The van der Waals surface area contributed by atoms with Crippen molar-refractivity contribution >= 4 is 55.0 Å². The molecule has 4 aromatic carbocycles. The van der Waals surface area contributed by atoms with Gasteiger partial charge in [-0.3, -0.25) is 14.6 Å². The van der Waals surface area contributed by atoms with Crippen LogP contribution in [0.3, 0.4) is 0 Å². The van der Waals surface area contributed by atoms with Crippen molar-refractivity contribution in [2.75, 3.05) is 50.6 Å². The lowest BCUT2D eigenvalue weighted by molar-refractivity contribution is -0.142. The van der Waals surface area contributed by atoms with Crippen LogP contribution in [-0.2, 0) is 20.9 Å². The molecule has 6 N–H and O–H groups in total. The third-order valence-electron chi connectivity index (χ3n) is 15.3. The van der Waals surface area contributed by atoms with Crippen molar-refractivity contribution < 1.29 is 47.2 Å². The van der Waals surface area contributed by atoms with Gasteiger partial charge in [-0.1, -0.05) is 79.7 Å². The highest BCUT2D eigenvalue weighted by molar-refractivity contribution is 7.23. The highest BCUT2D eigenvalue weighted by atomic mass is 32.1. The Morgan fingerprint density at radius 3 is 2.44 bits per heavy atom. The van der Waals surface area contributed by atoms with Crippen LogP contribution < -0.4 is 30.7 Å². The number of β-amino-alcohol motifs (C(OH)–C–C–N with tert-alkyl or cyclic N) is 1. The molecule has 11 rings (SSSR count). The van der Waals surface area contributed by atoms with Crippen molar-refractivity contribution in [3.8, 4) is 51.5 Å². The molecule has 7 atom stereocenters. The summed E-state index contributed by atoms with van der Waals surface area (Å²) in [5, 5.41) is 47.7. The van der Waals surface area contributed by atoms with E-state index in [4.69, 9.17) is 34.9 Å². The summed E-state index contributed by atoms with van der Waals surface area (Å²) in [5.41, 5.74) is 10.3. The molecule has 0 aliphatic carbocycles. The van der Waals surface area contributed by atoms with Crippen LogP contribution in [0.5, 0.6) is 11.8 Å². The molecule has 23 heteroatoms. The number of carbonyl (C=O) groups is 2. The average Bonchev–Trinajstić information content (AvgIpc) is 4.27. The highest BCUT2D eigenvalue weighted by Gasteiger charge is 2.44. The fourth-order valence-corrected chi connectivity index (χ4v) is 11.9. The summed E-state index contributed by atoms with van der Waals surface area (Å²) in [7, 11) is 1.59. The van der Waals surface area contributed by atoms with E-state index >= 15 is 4.39 Å². The summed E-state index contributed by atoms with van der Waals surface area (Å²) >= 11 is 0.979. The molecule has 7 heterocycles. The number of nitrogen functional groups attached to an aromatic ring is 1. The number of carbonyl (C=O) groups excluding carboxylic acids is 2. The minimum Gasteiger partial charge on any atom is -0.484 e. The first-order valence-electron chi connectivity index (χ1n) is 26.5. The van der Waals surface area contributed by atoms with Gasteiger partial charge < -0.3 is 50.6 Å². The second-order valence-electron chi connectivity index (χ2n) is 20.9. The van der Waals surface area contributed by atoms with Crippen molar-refractivity contribution in [2.24, 2.45) is 5.92 Å². The van der Waals surface area contributed by atoms with E-state index in [1.807, 2.05) is 45.0 Å². The molecule has 81 heavy (non-hydrogen) atoms. The van der Waals surface area contributed by atoms with Gasteiger partial charge in [0.2, 0.25) is 11.8 Å². The number of piperazine rings is 1. The summed E-state index contributed by atoms with van der Waals surface area (Å²) in [6.07, 6.45) is 2.94. The number of nitriles is 1. The average molecular weight is 1120 g/mol. The van der Waals surface area contributed by atoms with E-state index in [0.29, 0.717) is 62.3 Å². The second kappa shape index (κ2) is 22.7. The van der Waals surface area contributed by atoms with Crippen molar-refractivity contribution in [1.29, 1.82) is 5.26 Å². The molecule has 3 aliphatic rings. The molecule has 3 saturated heterocycles. The van der Waals surface area contributed by atoms with Crippen LogP contribution in [0.25, 0.3) is 54.6 Å². The number of amides is 2. The topological polar surface area (TPSA) is 252 Å². The van der Waals surface area contributed by atoms with Crippen LogP contribution in [0, 0.1) is 34.7 Å². The zero-order chi connectivity index (χ0) is 56.8. The molecule has 19 nitrogen and oxygen atoms in total. The third-order valence-corrected chi connectivity index (χ3v) is 16.3. The van der Waals surface area contributed by atoms with Crippen LogP contribution in [-0.4, -0.2) is 127 Å². The standard InChI is InChI=1S/C58H57F3N12O7S/c1-29(2)51(57(77)72-24-37(75)19-46(72)56(76)66-45(26-74)34-14-12-32(13-15-34)38-6-5-7-42(59)48(38)61)73-25-44(69-70-73)33-10-8-31(9-11-33)28-79-52-49(39-16-17-43(60)53-47(39)40(20-62)54(63)81-53)65-22-41-50(52)67-58(80-27-30(3)78-4)68-55(41)71-23-35-18-36(71)21-64-35/h5-17,22,25,29-30,35-37,45-46,51,64,74-75H,18-19,21,23-24,26-28,63H2,1-4H3,(H,66,76)/t30-,35-,36-,37+,45-,46-,51-/m0/s1. The van der Waals surface area contributed by atoms with Gasteiger partial charge in [-0.05, 0) is 54.2 Å². The lowest BCUT2D eigenvalue weighted by Crippen LogP contribution is -2.50. The number of hydrogen-bond donors (Lipinski definition) is 5. The summed E-state index contributed by atoms with van der Waals surface area (Å²) in [6, 6.07) is 20.2. The molecule has 0 unspecified atom stereocenters. The molecule has 0 saturated carbocycles. The first-order valence-corrected chi connectivity index (χ1v) is 27.3. The molecule has 2 amide bonds. The number of aromatic nitrogens is 6. The Morgan fingerprint density at radius 1 is 0.963 bits per heavy atom.